The van der Waals surface area contributed by atoms with Crippen molar-refractivity contribution in [2.75, 3.05) is 6.61 Å². The fourth-order valence-electron chi connectivity index (χ4n) is 3.60. The zero-order valence-electron chi connectivity index (χ0n) is 11.8. The minimum atomic E-state index is 0.00424. The van der Waals surface area contributed by atoms with E-state index in [1.165, 1.54) is 44.9 Å². The maximum absolute atomic E-state index is 9.51. The molecule has 1 heterocycles. The van der Waals surface area contributed by atoms with Gasteiger partial charge in [0.25, 0.3) is 0 Å². The van der Waals surface area contributed by atoms with E-state index in [1.54, 1.807) is 0 Å². The van der Waals surface area contributed by atoms with Gasteiger partial charge in [-0.25, -0.2) is 0 Å². The van der Waals surface area contributed by atoms with Crippen LogP contribution in [-0.2, 0) is 4.74 Å². The maximum atomic E-state index is 9.51. The zero-order chi connectivity index (χ0) is 12.8. The minimum absolute atomic E-state index is 0.00424. The highest BCUT2D eigenvalue weighted by atomic mass is 16.5. The second kappa shape index (κ2) is 6.57. The molecule has 1 atom stereocenters. The summed E-state index contributed by atoms with van der Waals surface area (Å²) in [4.78, 5) is 0. The van der Waals surface area contributed by atoms with Gasteiger partial charge in [-0.05, 0) is 63.7 Å². The summed E-state index contributed by atoms with van der Waals surface area (Å²) in [7, 11) is 0. The van der Waals surface area contributed by atoms with Crippen molar-refractivity contribution in [3.8, 4) is 6.07 Å². The maximum Gasteiger partial charge on any atom is 0.0689 e. The topological polar surface area (TPSA) is 33.0 Å². The van der Waals surface area contributed by atoms with Crippen molar-refractivity contribution in [1.82, 2.24) is 0 Å². The molecule has 102 valence electrons. The molecule has 1 unspecified atom stereocenters. The Balaban J connectivity index is 1.73. The van der Waals surface area contributed by atoms with Gasteiger partial charge in [-0.3, -0.25) is 0 Å². The van der Waals surface area contributed by atoms with Gasteiger partial charge in [-0.1, -0.05) is 13.3 Å². The van der Waals surface area contributed by atoms with Crippen LogP contribution in [0.4, 0.5) is 0 Å². The molecule has 0 aromatic heterocycles. The van der Waals surface area contributed by atoms with Crippen molar-refractivity contribution in [3.63, 3.8) is 0 Å². The van der Waals surface area contributed by atoms with Crippen LogP contribution in [0, 0.1) is 22.7 Å². The quantitative estimate of drug-likeness (QED) is 0.721. The summed E-state index contributed by atoms with van der Waals surface area (Å²) in [5, 5.41) is 9.51. The lowest BCUT2D eigenvalue weighted by Gasteiger charge is -2.35. The molecule has 0 aromatic carbocycles. The van der Waals surface area contributed by atoms with Crippen LogP contribution >= 0.6 is 0 Å². The molecule has 1 aliphatic carbocycles. The molecule has 0 bridgehead atoms. The van der Waals surface area contributed by atoms with E-state index in [-0.39, 0.29) is 5.41 Å². The predicted octanol–water partition coefficient (Wildman–Crippen LogP) is 4.45. The molecular weight excluding hydrogens is 222 g/mol. The number of ether oxygens (including phenoxy) is 1. The van der Waals surface area contributed by atoms with Gasteiger partial charge in [0, 0.05) is 6.61 Å². The Hall–Kier alpha value is -0.550. The number of nitriles is 1. The normalized spacial score (nSPS) is 36.4. The first-order valence-corrected chi connectivity index (χ1v) is 7.81. The number of hydrogen-bond donors (Lipinski definition) is 0. The minimum Gasteiger partial charge on any atom is -0.378 e. The molecular formula is C16H27NO. The van der Waals surface area contributed by atoms with Crippen molar-refractivity contribution in [3.05, 3.63) is 0 Å². The first kappa shape index (κ1) is 13.9. The van der Waals surface area contributed by atoms with Crippen LogP contribution in [0.15, 0.2) is 0 Å². The first-order valence-electron chi connectivity index (χ1n) is 7.81. The van der Waals surface area contributed by atoms with Gasteiger partial charge in [0.05, 0.1) is 17.6 Å². The summed E-state index contributed by atoms with van der Waals surface area (Å²) in [6.45, 7) is 3.23. The van der Waals surface area contributed by atoms with Crippen molar-refractivity contribution in [2.24, 2.45) is 11.3 Å². The van der Waals surface area contributed by atoms with Crippen molar-refractivity contribution < 1.29 is 4.74 Å². The Morgan fingerprint density at radius 1 is 1.28 bits per heavy atom. The standard InChI is InChI=1S/C16H27NO/c1-2-14-7-10-16(13-17,11-8-14)9-3-5-15-6-4-12-18-15/h14-15H,2-12H2,1H3. The Morgan fingerprint density at radius 3 is 2.61 bits per heavy atom. The Morgan fingerprint density at radius 2 is 2.06 bits per heavy atom. The molecule has 2 rings (SSSR count). The highest BCUT2D eigenvalue weighted by molar-refractivity contribution is 5.01. The number of rotatable bonds is 5. The van der Waals surface area contributed by atoms with Crippen molar-refractivity contribution in [2.45, 2.75) is 77.2 Å². The number of nitrogens with zero attached hydrogens (tertiary/aromatic N) is 1. The fourth-order valence-corrected chi connectivity index (χ4v) is 3.60. The first-order chi connectivity index (χ1) is 8.78. The Kier molecular flexibility index (Phi) is 5.06. The average Bonchev–Trinajstić information content (AvgIpc) is 2.93. The lowest BCUT2D eigenvalue weighted by molar-refractivity contribution is 0.0962. The third kappa shape index (κ3) is 3.48. The van der Waals surface area contributed by atoms with Crippen LogP contribution in [0.2, 0.25) is 0 Å². The van der Waals surface area contributed by atoms with E-state index in [0.29, 0.717) is 6.10 Å². The van der Waals surface area contributed by atoms with Crippen molar-refractivity contribution >= 4 is 0 Å². The van der Waals surface area contributed by atoms with Crippen LogP contribution in [0.3, 0.4) is 0 Å². The molecule has 0 amide bonds. The summed E-state index contributed by atoms with van der Waals surface area (Å²) in [5.74, 6) is 0.879. The molecule has 1 saturated carbocycles. The van der Waals surface area contributed by atoms with E-state index < -0.39 is 0 Å². The van der Waals surface area contributed by atoms with Crippen LogP contribution in [0.5, 0.6) is 0 Å². The van der Waals surface area contributed by atoms with Crippen molar-refractivity contribution in [1.29, 1.82) is 5.26 Å². The SMILES string of the molecule is CCC1CCC(C#N)(CCCC2CCCO2)CC1. The fraction of sp³-hybridized carbons (Fsp3) is 0.938. The zero-order valence-corrected chi connectivity index (χ0v) is 11.8. The van der Waals surface area contributed by atoms with Crippen LogP contribution in [0.1, 0.15) is 71.1 Å². The van der Waals surface area contributed by atoms with E-state index in [1.807, 2.05) is 0 Å². The largest absolute Gasteiger partial charge is 0.378 e. The van der Waals surface area contributed by atoms with Gasteiger partial charge in [-0.15, -0.1) is 0 Å². The van der Waals surface area contributed by atoms with Crippen LogP contribution in [0.25, 0.3) is 0 Å². The highest BCUT2D eigenvalue weighted by Crippen LogP contribution is 2.43. The lowest BCUT2D eigenvalue weighted by Crippen LogP contribution is -2.26. The molecule has 2 nitrogen and oxygen atoms in total. The third-order valence-corrected chi connectivity index (χ3v) is 5.08. The molecule has 0 radical (unpaired) electrons. The summed E-state index contributed by atoms with van der Waals surface area (Å²) in [6, 6.07) is 2.65. The van der Waals surface area contributed by atoms with Crippen LogP contribution < -0.4 is 0 Å². The Labute approximate surface area is 112 Å². The summed E-state index contributed by atoms with van der Waals surface area (Å²) in [6.07, 6.45) is 12.5. The highest BCUT2D eigenvalue weighted by Gasteiger charge is 2.34. The van der Waals surface area contributed by atoms with E-state index >= 15 is 0 Å². The smallest absolute Gasteiger partial charge is 0.0689 e. The predicted molar refractivity (Wildman–Crippen MR) is 73.1 cm³/mol. The summed E-state index contributed by atoms with van der Waals surface area (Å²) >= 11 is 0. The summed E-state index contributed by atoms with van der Waals surface area (Å²) in [5.41, 5.74) is 0.00424. The molecule has 1 aliphatic heterocycles. The van der Waals surface area contributed by atoms with Gasteiger partial charge < -0.3 is 4.74 Å². The molecule has 0 aromatic rings. The molecule has 0 spiro atoms. The molecule has 2 aliphatic rings. The molecule has 18 heavy (non-hydrogen) atoms. The van der Waals surface area contributed by atoms with E-state index in [9.17, 15) is 5.26 Å². The van der Waals surface area contributed by atoms with Gasteiger partial charge in [-0.2, -0.15) is 5.26 Å². The third-order valence-electron chi connectivity index (χ3n) is 5.08. The van der Waals surface area contributed by atoms with Gasteiger partial charge in [0.2, 0.25) is 0 Å². The molecule has 1 saturated heterocycles. The van der Waals surface area contributed by atoms with Gasteiger partial charge in [0.1, 0.15) is 0 Å². The van der Waals surface area contributed by atoms with E-state index in [0.717, 1.165) is 31.8 Å². The number of hydrogen-bond acceptors (Lipinski definition) is 2. The molecule has 2 heteroatoms. The average molecular weight is 249 g/mol. The Bertz CT molecular complexity index is 280. The monoisotopic (exact) mass is 249 g/mol. The molecule has 2 fully saturated rings. The second-order valence-corrected chi connectivity index (χ2v) is 6.27. The molecule has 0 N–H and O–H groups in total. The van der Waals surface area contributed by atoms with Gasteiger partial charge in [0.15, 0.2) is 0 Å². The second-order valence-electron chi connectivity index (χ2n) is 6.27. The summed E-state index contributed by atoms with van der Waals surface area (Å²) < 4.78 is 5.66. The van der Waals surface area contributed by atoms with E-state index in [2.05, 4.69) is 13.0 Å². The van der Waals surface area contributed by atoms with Gasteiger partial charge >= 0.3 is 0 Å². The lowest BCUT2D eigenvalue weighted by atomic mass is 9.68. The van der Waals surface area contributed by atoms with E-state index in [4.69, 9.17) is 4.74 Å². The van der Waals surface area contributed by atoms with Crippen LogP contribution in [-0.4, -0.2) is 12.7 Å².